The highest BCUT2D eigenvalue weighted by atomic mass is 32.2. The second kappa shape index (κ2) is 10.9. The zero-order valence-corrected chi connectivity index (χ0v) is 20.4. The van der Waals surface area contributed by atoms with E-state index in [1.54, 1.807) is 18.2 Å². The van der Waals surface area contributed by atoms with E-state index in [0.29, 0.717) is 35.3 Å². The molecule has 6 nitrogen and oxygen atoms in total. The molecule has 3 aromatic carbocycles. The van der Waals surface area contributed by atoms with Gasteiger partial charge in [0.25, 0.3) is 5.91 Å². The maximum Gasteiger partial charge on any atom is 0.259 e. The van der Waals surface area contributed by atoms with E-state index in [1.165, 1.54) is 22.7 Å². The minimum absolute atomic E-state index is 0.105. The van der Waals surface area contributed by atoms with Crippen LogP contribution in [-0.2, 0) is 21.8 Å². The Hall–Kier alpha value is -3.78. The smallest absolute Gasteiger partial charge is 0.259 e. The van der Waals surface area contributed by atoms with Gasteiger partial charge in [-0.05, 0) is 42.2 Å². The van der Waals surface area contributed by atoms with Crippen LogP contribution in [0.15, 0.2) is 88.8 Å². The molecule has 2 aliphatic heterocycles. The van der Waals surface area contributed by atoms with Gasteiger partial charge in [0.1, 0.15) is 17.7 Å². The molecule has 0 saturated carbocycles. The molecular weight excluding hydrogens is 475 g/mol. The van der Waals surface area contributed by atoms with E-state index in [9.17, 15) is 14.0 Å². The second-order valence-corrected chi connectivity index (χ2v) is 9.50. The van der Waals surface area contributed by atoms with Gasteiger partial charge < -0.3 is 5.32 Å². The first-order chi connectivity index (χ1) is 17.6. The molecule has 1 N–H and O–H groups in total. The average Bonchev–Trinajstić information content (AvgIpc) is 3.24. The lowest BCUT2D eigenvalue weighted by atomic mass is 10.1. The number of hydrogen-bond donors (Lipinski definition) is 1. The minimum Gasteiger partial charge on any atom is -0.356 e. The number of aliphatic imine (C=N–C) groups is 2. The number of nitrogens with zero attached hydrogens (tertiary/aromatic N) is 3. The Morgan fingerprint density at radius 1 is 1.00 bits per heavy atom. The Balaban J connectivity index is 1.25. The minimum atomic E-state index is -0.662. The molecular formula is C28H25FN4O2S. The largest absolute Gasteiger partial charge is 0.356 e. The molecule has 0 saturated heterocycles. The van der Waals surface area contributed by atoms with E-state index in [1.807, 2.05) is 54.6 Å². The molecule has 0 bridgehead atoms. The summed E-state index contributed by atoms with van der Waals surface area (Å²) in [6, 6.07) is 23.4. The molecule has 182 valence electrons. The number of amides is 2. The van der Waals surface area contributed by atoms with Crippen molar-refractivity contribution in [2.24, 2.45) is 9.98 Å². The Bertz CT molecular complexity index is 1340. The Morgan fingerprint density at radius 3 is 2.58 bits per heavy atom. The van der Waals surface area contributed by atoms with E-state index in [2.05, 4.69) is 10.3 Å². The van der Waals surface area contributed by atoms with Crippen molar-refractivity contribution in [3.63, 3.8) is 0 Å². The first kappa shape index (κ1) is 23.9. The first-order valence-corrected chi connectivity index (χ1v) is 12.9. The van der Waals surface area contributed by atoms with Crippen LogP contribution in [-0.4, -0.2) is 40.3 Å². The number of thioether (sulfide) groups is 1. The zero-order chi connectivity index (χ0) is 24.9. The van der Waals surface area contributed by atoms with Crippen LogP contribution in [0.1, 0.15) is 29.5 Å². The van der Waals surface area contributed by atoms with Gasteiger partial charge in [-0.2, -0.15) is 0 Å². The third-order valence-corrected chi connectivity index (χ3v) is 7.07. The van der Waals surface area contributed by atoms with Crippen molar-refractivity contribution >= 4 is 40.3 Å². The van der Waals surface area contributed by atoms with Crippen molar-refractivity contribution in [1.82, 2.24) is 10.2 Å². The Labute approximate surface area is 213 Å². The summed E-state index contributed by atoms with van der Waals surface area (Å²) < 4.78 is 14.2. The van der Waals surface area contributed by atoms with Crippen molar-refractivity contribution < 1.29 is 14.0 Å². The summed E-state index contributed by atoms with van der Waals surface area (Å²) in [7, 11) is 0. The van der Waals surface area contributed by atoms with Crippen LogP contribution in [0.2, 0.25) is 0 Å². The summed E-state index contributed by atoms with van der Waals surface area (Å²) in [5, 5.41) is 3.39. The molecule has 0 unspecified atom stereocenters. The Morgan fingerprint density at radius 2 is 1.75 bits per heavy atom. The van der Waals surface area contributed by atoms with Crippen LogP contribution in [0, 0.1) is 5.82 Å². The number of halogens is 1. The van der Waals surface area contributed by atoms with Crippen LogP contribution in [0.3, 0.4) is 0 Å². The molecule has 36 heavy (non-hydrogen) atoms. The maximum absolute atomic E-state index is 14.2. The maximum atomic E-state index is 14.2. The van der Waals surface area contributed by atoms with E-state index in [4.69, 9.17) is 4.99 Å². The summed E-state index contributed by atoms with van der Waals surface area (Å²) in [4.78, 5) is 36.7. The summed E-state index contributed by atoms with van der Waals surface area (Å²) in [6.07, 6.45) is 1.26. The lowest BCUT2D eigenvalue weighted by Crippen LogP contribution is -2.41. The van der Waals surface area contributed by atoms with Gasteiger partial charge in [-0.15, -0.1) is 0 Å². The molecule has 1 atom stereocenters. The van der Waals surface area contributed by atoms with Gasteiger partial charge in [0.2, 0.25) is 5.91 Å². The lowest BCUT2D eigenvalue weighted by molar-refractivity contribution is -0.125. The van der Waals surface area contributed by atoms with Crippen LogP contribution < -0.4 is 5.32 Å². The third kappa shape index (κ3) is 5.23. The van der Waals surface area contributed by atoms with Crippen molar-refractivity contribution in [1.29, 1.82) is 0 Å². The first-order valence-electron chi connectivity index (χ1n) is 11.9. The number of amidine groups is 2. The number of rotatable bonds is 8. The van der Waals surface area contributed by atoms with E-state index in [0.717, 1.165) is 23.2 Å². The van der Waals surface area contributed by atoms with Gasteiger partial charge in [-0.1, -0.05) is 72.4 Å². The van der Waals surface area contributed by atoms with Crippen molar-refractivity contribution in [2.45, 2.75) is 31.1 Å². The standard InChI is InChI=1S/C28H25FN4O2S/c29-22-12-6-4-10-20(22)18-36-28-32-23-13-7-5-11-21(23)26-31-24(27(35)33(26)28)14-15-25(34)30-17-16-19-8-2-1-3-9-19/h1-13,24H,14-18H2,(H,30,34)/t24-/m0/s1. The van der Waals surface area contributed by atoms with Crippen LogP contribution in [0.25, 0.3) is 0 Å². The molecule has 2 heterocycles. The molecule has 0 radical (unpaired) electrons. The Kier molecular flexibility index (Phi) is 7.23. The topological polar surface area (TPSA) is 74.1 Å². The third-order valence-electron chi connectivity index (χ3n) is 6.09. The second-order valence-electron chi connectivity index (χ2n) is 8.56. The molecule has 3 aromatic rings. The van der Waals surface area contributed by atoms with E-state index in [-0.39, 0.29) is 24.1 Å². The van der Waals surface area contributed by atoms with Crippen molar-refractivity contribution in [2.75, 3.05) is 6.54 Å². The molecule has 8 heteroatoms. The van der Waals surface area contributed by atoms with Gasteiger partial charge >= 0.3 is 0 Å². The predicted octanol–water partition coefficient (Wildman–Crippen LogP) is 4.86. The number of benzene rings is 3. The molecule has 2 aliphatic rings. The SMILES string of the molecule is O=C(CC[C@@H]1N=C2c3ccccc3N=C(SCc3ccccc3F)N2C1=O)NCCc1ccccc1. The summed E-state index contributed by atoms with van der Waals surface area (Å²) >= 11 is 1.30. The number of carbonyl (C=O) groups excluding carboxylic acids is 2. The number of fused-ring (bicyclic) bond motifs is 3. The monoisotopic (exact) mass is 500 g/mol. The van der Waals surface area contributed by atoms with Crippen molar-refractivity contribution in [3.8, 4) is 0 Å². The predicted molar refractivity (Wildman–Crippen MR) is 141 cm³/mol. The highest BCUT2D eigenvalue weighted by Gasteiger charge is 2.41. The summed E-state index contributed by atoms with van der Waals surface area (Å²) in [5.41, 5.74) is 3.19. The van der Waals surface area contributed by atoms with Crippen LogP contribution in [0.5, 0.6) is 0 Å². The fourth-order valence-electron chi connectivity index (χ4n) is 4.19. The number of carbonyl (C=O) groups is 2. The highest BCUT2D eigenvalue weighted by Crippen LogP contribution is 2.35. The highest BCUT2D eigenvalue weighted by molar-refractivity contribution is 8.13. The number of nitrogens with one attached hydrogen (secondary N) is 1. The van der Waals surface area contributed by atoms with Gasteiger partial charge in [0, 0.05) is 24.3 Å². The molecule has 0 fully saturated rings. The lowest BCUT2D eigenvalue weighted by Gasteiger charge is -2.25. The molecule has 0 spiro atoms. The summed E-state index contributed by atoms with van der Waals surface area (Å²) in [6.45, 7) is 0.541. The number of hydrogen-bond acceptors (Lipinski definition) is 5. The van der Waals surface area contributed by atoms with Gasteiger partial charge in [-0.3, -0.25) is 14.6 Å². The molecule has 0 aromatic heterocycles. The van der Waals surface area contributed by atoms with Crippen LogP contribution >= 0.6 is 11.8 Å². The fraction of sp³-hybridized carbons (Fsp3) is 0.214. The molecule has 5 rings (SSSR count). The van der Waals surface area contributed by atoms with Gasteiger partial charge in [0.05, 0.1) is 5.69 Å². The zero-order valence-electron chi connectivity index (χ0n) is 19.6. The van der Waals surface area contributed by atoms with Gasteiger partial charge in [-0.25, -0.2) is 14.3 Å². The average molecular weight is 501 g/mol. The number of para-hydroxylation sites is 1. The van der Waals surface area contributed by atoms with Gasteiger partial charge in [0.15, 0.2) is 5.17 Å². The molecule has 2 amide bonds. The normalized spacial score (nSPS) is 16.2. The fourth-order valence-corrected chi connectivity index (χ4v) is 5.18. The van der Waals surface area contributed by atoms with E-state index < -0.39 is 6.04 Å². The quantitative estimate of drug-likeness (QED) is 0.480. The summed E-state index contributed by atoms with van der Waals surface area (Å²) in [5.74, 6) is 0.262. The van der Waals surface area contributed by atoms with E-state index >= 15 is 0 Å². The van der Waals surface area contributed by atoms with Crippen molar-refractivity contribution in [3.05, 3.63) is 101 Å². The van der Waals surface area contributed by atoms with Crippen LogP contribution in [0.4, 0.5) is 10.1 Å². The molecule has 0 aliphatic carbocycles.